The molecule has 2 aliphatic carbocycles. The molecule has 0 heteroatoms. The van der Waals surface area contributed by atoms with Gasteiger partial charge in [-0.15, -0.1) is 0 Å². The number of hydrogen-bond donors (Lipinski definition) is 0. The molecule has 0 heterocycles. The van der Waals surface area contributed by atoms with E-state index in [0.29, 0.717) is 5.41 Å². The lowest BCUT2D eigenvalue weighted by molar-refractivity contribution is 0.179. The first-order valence-electron chi connectivity index (χ1n) is 6.40. The third-order valence-corrected chi connectivity index (χ3v) is 5.01. The van der Waals surface area contributed by atoms with Gasteiger partial charge in [0.25, 0.3) is 0 Å². The molecule has 2 aliphatic rings. The highest BCUT2D eigenvalue weighted by atomic mass is 14.5. The van der Waals surface area contributed by atoms with Gasteiger partial charge in [0.2, 0.25) is 0 Å². The van der Waals surface area contributed by atoms with E-state index in [9.17, 15) is 0 Å². The molecule has 0 N–H and O–H groups in total. The molecule has 0 aromatic heterocycles. The van der Waals surface area contributed by atoms with Crippen LogP contribution in [-0.2, 0) is 0 Å². The summed E-state index contributed by atoms with van der Waals surface area (Å²) in [6, 6.07) is 0. The average molecular weight is 204 g/mol. The molecule has 2 rings (SSSR count). The molecule has 3 atom stereocenters. The molecule has 0 nitrogen and oxygen atoms in total. The Labute approximate surface area is 94.5 Å². The summed E-state index contributed by atoms with van der Waals surface area (Å²) in [6.45, 7) is 13.1. The maximum absolute atomic E-state index is 4.36. The first-order valence-corrected chi connectivity index (χ1v) is 6.40. The van der Waals surface area contributed by atoms with Gasteiger partial charge in [-0.25, -0.2) is 0 Å². The topological polar surface area (TPSA) is 0 Å². The highest BCUT2D eigenvalue weighted by Gasteiger charge is 2.45. The van der Waals surface area contributed by atoms with Gasteiger partial charge in [0, 0.05) is 0 Å². The van der Waals surface area contributed by atoms with Crippen LogP contribution in [0.25, 0.3) is 0 Å². The minimum Gasteiger partial charge on any atom is -0.0999 e. The lowest BCUT2D eigenvalue weighted by Crippen LogP contribution is -2.33. The fourth-order valence-electron chi connectivity index (χ4n) is 3.78. The van der Waals surface area contributed by atoms with Gasteiger partial charge in [0.1, 0.15) is 0 Å². The molecule has 0 bridgehead atoms. The van der Waals surface area contributed by atoms with E-state index in [4.69, 9.17) is 0 Å². The summed E-state index contributed by atoms with van der Waals surface area (Å²) in [5.74, 6) is 1.61. The molecule has 84 valence electrons. The average Bonchev–Trinajstić information content (AvgIpc) is 2.54. The van der Waals surface area contributed by atoms with Crippen LogP contribution in [0.5, 0.6) is 0 Å². The van der Waals surface area contributed by atoms with Crippen LogP contribution in [0.1, 0.15) is 52.4 Å². The molecule has 1 spiro atoms. The molecule has 0 saturated heterocycles. The maximum atomic E-state index is 4.36. The van der Waals surface area contributed by atoms with E-state index in [2.05, 4.69) is 27.0 Å². The van der Waals surface area contributed by atoms with E-state index in [1.807, 2.05) is 0 Å². The molecule has 0 aromatic rings. The maximum Gasteiger partial charge on any atom is -0.00595 e. The molecule has 0 aliphatic heterocycles. The van der Waals surface area contributed by atoms with E-state index in [0.717, 1.165) is 11.8 Å². The summed E-state index contributed by atoms with van der Waals surface area (Å²) in [7, 11) is 0. The summed E-state index contributed by atoms with van der Waals surface area (Å²) in [6.07, 6.45) is 8.06. The standard InChI is InChI=1S/C15H24/c1-11(2)14-8-7-13(4)15(10-14)9-5-6-12(15)3/h12,14H,1,4-10H2,2-3H3/t12-,14-,15+/m0/s1. The molecular formula is C15H24. The van der Waals surface area contributed by atoms with Gasteiger partial charge in [-0.3, -0.25) is 0 Å². The van der Waals surface area contributed by atoms with E-state index >= 15 is 0 Å². The van der Waals surface area contributed by atoms with Gasteiger partial charge in [-0.1, -0.05) is 37.6 Å². The van der Waals surface area contributed by atoms with Crippen molar-refractivity contribution in [3.05, 3.63) is 24.3 Å². The predicted molar refractivity (Wildman–Crippen MR) is 66.7 cm³/mol. The van der Waals surface area contributed by atoms with E-state index in [1.165, 1.54) is 44.1 Å². The Morgan fingerprint density at radius 1 is 1.40 bits per heavy atom. The Morgan fingerprint density at radius 2 is 2.13 bits per heavy atom. The highest BCUT2D eigenvalue weighted by Crippen LogP contribution is 2.57. The van der Waals surface area contributed by atoms with Gasteiger partial charge in [-0.05, 0) is 56.3 Å². The van der Waals surface area contributed by atoms with Crippen molar-refractivity contribution < 1.29 is 0 Å². The minimum atomic E-state index is 0.488. The van der Waals surface area contributed by atoms with Crippen LogP contribution < -0.4 is 0 Å². The van der Waals surface area contributed by atoms with Crippen molar-refractivity contribution in [2.75, 3.05) is 0 Å². The Hall–Kier alpha value is -0.520. The Balaban J connectivity index is 2.21. The SMILES string of the molecule is C=C(C)[C@H]1CCC(=C)[C@]2(CCC[C@@H]2C)C1. The van der Waals surface area contributed by atoms with Crippen molar-refractivity contribution in [3.8, 4) is 0 Å². The second kappa shape index (κ2) is 3.81. The van der Waals surface area contributed by atoms with Crippen molar-refractivity contribution in [1.82, 2.24) is 0 Å². The lowest BCUT2D eigenvalue weighted by atomic mass is 9.61. The normalized spacial score (nSPS) is 41.1. The van der Waals surface area contributed by atoms with E-state index < -0.39 is 0 Å². The van der Waals surface area contributed by atoms with Crippen molar-refractivity contribution in [3.63, 3.8) is 0 Å². The van der Waals surface area contributed by atoms with Gasteiger partial charge in [-0.2, -0.15) is 0 Å². The zero-order valence-electron chi connectivity index (χ0n) is 10.3. The smallest absolute Gasteiger partial charge is 0.00595 e. The van der Waals surface area contributed by atoms with Crippen molar-refractivity contribution in [2.24, 2.45) is 17.3 Å². The molecule has 0 radical (unpaired) electrons. The number of hydrogen-bond acceptors (Lipinski definition) is 0. The molecule has 0 aromatic carbocycles. The number of rotatable bonds is 1. The Bertz CT molecular complexity index is 286. The van der Waals surface area contributed by atoms with Gasteiger partial charge in [0.15, 0.2) is 0 Å². The molecule has 2 saturated carbocycles. The minimum absolute atomic E-state index is 0.488. The third kappa shape index (κ3) is 1.68. The van der Waals surface area contributed by atoms with Crippen LogP contribution in [0.4, 0.5) is 0 Å². The molecule has 15 heavy (non-hydrogen) atoms. The van der Waals surface area contributed by atoms with Crippen LogP contribution in [0.3, 0.4) is 0 Å². The molecule has 0 unspecified atom stereocenters. The fraction of sp³-hybridized carbons (Fsp3) is 0.733. The largest absolute Gasteiger partial charge is 0.0999 e. The third-order valence-electron chi connectivity index (χ3n) is 5.01. The fourth-order valence-corrected chi connectivity index (χ4v) is 3.78. The first-order chi connectivity index (χ1) is 7.06. The molecule has 2 fully saturated rings. The zero-order chi connectivity index (χ0) is 11.1. The number of allylic oxidation sites excluding steroid dienone is 2. The summed E-state index contributed by atoms with van der Waals surface area (Å²) in [4.78, 5) is 0. The first kappa shape index (κ1) is 11.0. The summed E-state index contributed by atoms with van der Waals surface area (Å²) < 4.78 is 0. The second-order valence-corrected chi connectivity index (χ2v) is 5.84. The predicted octanol–water partition coefficient (Wildman–Crippen LogP) is 4.73. The van der Waals surface area contributed by atoms with Crippen molar-refractivity contribution >= 4 is 0 Å². The molecule has 0 amide bonds. The van der Waals surface area contributed by atoms with Crippen LogP contribution in [-0.4, -0.2) is 0 Å². The van der Waals surface area contributed by atoms with Crippen molar-refractivity contribution in [1.29, 1.82) is 0 Å². The van der Waals surface area contributed by atoms with Crippen molar-refractivity contribution in [2.45, 2.75) is 52.4 Å². The summed E-state index contributed by atoms with van der Waals surface area (Å²) >= 11 is 0. The van der Waals surface area contributed by atoms with E-state index in [-0.39, 0.29) is 0 Å². The summed E-state index contributed by atoms with van der Waals surface area (Å²) in [5, 5.41) is 0. The molecular weight excluding hydrogens is 180 g/mol. The van der Waals surface area contributed by atoms with Gasteiger partial charge >= 0.3 is 0 Å². The van der Waals surface area contributed by atoms with Crippen LogP contribution in [0.2, 0.25) is 0 Å². The highest BCUT2D eigenvalue weighted by molar-refractivity contribution is 5.20. The lowest BCUT2D eigenvalue weighted by Gasteiger charge is -2.44. The Morgan fingerprint density at radius 3 is 2.67 bits per heavy atom. The van der Waals surface area contributed by atoms with Crippen LogP contribution >= 0.6 is 0 Å². The van der Waals surface area contributed by atoms with E-state index in [1.54, 1.807) is 5.57 Å². The quantitative estimate of drug-likeness (QED) is 0.542. The zero-order valence-corrected chi connectivity index (χ0v) is 10.3. The van der Waals surface area contributed by atoms with Gasteiger partial charge < -0.3 is 0 Å². The summed E-state index contributed by atoms with van der Waals surface area (Å²) in [5.41, 5.74) is 3.42. The monoisotopic (exact) mass is 204 g/mol. The van der Waals surface area contributed by atoms with Crippen LogP contribution in [0, 0.1) is 17.3 Å². The Kier molecular flexibility index (Phi) is 2.79. The van der Waals surface area contributed by atoms with Crippen LogP contribution in [0.15, 0.2) is 24.3 Å². The second-order valence-electron chi connectivity index (χ2n) is 5.84. The van der Waals surface area contributed by atoms with Gasteiger partial charge in [0.05, 0.1) is 0 Å².